The second-order valence-electron chi connectivity index (χ2n) is 7.42. The second kappa shape index (κ2) is 6.93. The minimum absolute atomic E-state index is 0.0431. The number of hydrogen-bond acceptors (Lipinski definition) is 5. The van der Waals surface area contributed by atoms with Gasteiger partial charge in [-0.05, 0) is 48.5 Å². The average Bonchev–Trinajstić information content (AvgIpc) is 3.41. The van der Waals surface area contributed by atoms with Crippen LogP contribution in [0, 0.1) is 0 Å². The molecule has 0 amide bonds. The lowest BCUT2D eigenvalue weighted by Crippen LogP contribution is -2.33. The molecule has 0 N–H and O–H groups in total. The van der Waals surface area contributed by atoms with Crippen LogP contribution in [0.4, 0.5) is 0 Å². The van der Waals surface area contributed by atoms with E-state index in [9.17, 15) is 0 Å². The van der Waals surface area contributed by atoms with Crippen molar-refractivity contribution in [1.29, 1.82) is 0 Å². The highest BCUT2D eigenvalue weighted by Gasteiger charge is 2.41. The van der Waals surface area contributed by atoms with E-state index in [4.69, 9.17) is 30.9 Å². The summed E-state index contributed by atoms with van der Waals surface area (Å²) in [6.45, 7) is 0.255. The number of rotatable bonds is 2. The maximum absolute atomic E-state index is 6.39. The molecular formula is C23H16BrClN2O3. The monoisotopic (exact) mass is 482 g/mol. The van der Waals surface area contributed by atoms with Crippen molar-refractivity contribution in [2.24, 2.45) is 5.10 Å². The van der Waals surface area contributed by atoms with Gasteiger partial charge in [-0.1, -0.05) is 39.7 Å². The van der Waals surface area contributed by atoms with Gasteiger partial charge >= 0.3 is 0 Å². The van der Waals surface area contributed by atoms with E-state index in [-0.39, 0.29) is 19.1 Å². The van der Waals surface area contributed by atoms with E-state index in [0.29, 0.717) is 5.02 Å². The quantitative estimate of drug-likeness (QED) is 0.443. The lowest BCUT2D eigenvalue weighted by molar-refractivity contribution is -0.0190. The number of benzene rings is 3. The smallest absolute Gasteiger partial charge is 0.231 e. The standard InChI is InChI=1S/C23H16BrClN2O3/c24-15-4-1-13(2-5-15)23-27-19(17-10-16(25)6-8-20(17)30-23)11-18(26-27)14-3-7-21-22(9-14)29-12-28-21/h1-10,19,23H,11-12H2/t19-,23-/m0/s1. The maximum Gasteiger partial charge on any atom is 0.231 e. The van der Waals surface area contributed by atoms with E-state index in [1.54, 1.807) is 0 Å². The molecule has 0 bridgehead atoms. The van der Waals surface area contributed by atoms with Crippen LogP contribution in [0.25, 0.3) is 0 Å². The summed E-state index contributed by atoms with van der Waals surface area (Å²) in [7, 11) is 0. The number of hydrogen-bond donors (Lipinski definition) is 0. The molecule has 5 nitrogen and oxygen atoms in total. The summed E-state index contributed by atoms with van der Waals surface area (Å²) in [6.07, 6.45) is 0.437. The molecule has 7 heteroatoms. The molecular weight excluding hydrogens is 468 g/mol. The Morgan fingerprint density at radius 3 is 2.60 bits per heavy atom. The van der Waals surface area contributed by atoms with Crippen LogP contribution in [0.5, 0.6) is 17.2 Å². The lowest BCUT2D eigenvalue weighted by atomic mass is 9.95. The van der Waals surface area contributed by atoms with Crippen LogP contribution in [0.15, 0.2) is 70.2 Å². The fourth-order valence-corrected chi connectivity index (χ4v) is 4.60. The first kappa shape index (κ1) is 18.1. The van der Waals surface area contributed by atoms with Crippen LogP contribution >= 0.6 is 27.5 Å². The van der Waals surface area contributed by atoms with Crippen molar-refractivity contribution in [3.05, 3.63) is 86.8 Å². The van der Waals surface area contributed by atoms with E-state index >= 15 is 0 Å². The zero-order valence-corrected chi connectivity index (χ0v) is 18.1. The van der Waals surface area contributed by atoms with E-state index in [0.717, 1.165) is 50.5 Å². The van der Waals surface area contributed by atoms with Crippen molar-refractivity contribution in [2.45, 2.75) is 18.7 Å². The van der Waals surface area contributed by atoms with Gasteiger partial charge < -0.3 is 14.2 Å². The zero-order valence-electron chi connectivity index (χ0n) is 15.7. The Morgan fingerprint density at radius 2 is 1.73 bits per heavy atom. The summed E-state index contributed by atoms with van der Waals surface area (Å²) >= 11 is 9.81. The summed E-state index contributed by atoms with van der Waals surface area (Å²) < 4.78 is 18.4. The fraction of sp³-hybridized carbons (Fsp3) is 0.174. The minimum Gasteiger partial charge on any atom is -0.464 e. The number of halogens is 2. The van der Waals surface area contributed by atoms with Crippen molar-refractivity contribution in [3.8, 4) is 17.2 Å². The maximum atomic E-state index is 6.39. The Hall–Kier alpha value is -2.70. The van der Waals surface area contributed by atoms with Crippen LogP contribution in [-0.2, 0) is 0 Å². The Morgan fingerprint density at radius 1 is 0.933 bits per heavy atom. The first-order chi connectivity index (χ1) is 14.7. The molecule has 0 fully saturated rings. The summed E-state index contributed by atoms with van der Waals surface area (Å²) in [4.78, 5) is 0. The van der Waals surface area contributed by atoms with Gasteiger partial charge in [0.05, 0.1) is 11.8 Å². The van der Waals surface area contributed by atoms with Gasteiger partial charge in [0.1, 0.15) is 5.75 Å². The summed E-state index contributed by atoms with van der Waals surface area (Å²) in [5, 5.41) is 7.72. The Balaban J connectivity index is 1.43. The van der Waals surface area contributed by atoms with Gasteiger partial charge in [-0.3, -0.25) is 0 Å². The third kappa shape index (κ3) is 2.94. The van der Waals surface area contributed by atoms with Crippen molar-refractivity contribution in [1.82, 2.24) is 5.01 Å². The molecule has 2 atom stereocenters. The molecule has 150 valence electrons. The van der Waals surface area contributed by atoms with Crippen LogP contribution in [0.1, 0.15) is 35.4 Å². The van der Waals surface area contributed by atoms with E-state index in [2.05, 4.69) is 28.1 Å². The predicted octanol–water partition coefficient (Wildman–Crippen LogP) is 6.07. The predicted molar refractivity (Wildman–Crippen MR) is 117 cm³/mol. The van der Waals surface area contributed by atoms with Crippen LogP contribution < -0.4 is 14.2 Å². The lowest BCUT2D eigenvalue weighted by Gasteiger charge is -2.38. The normalized spacial score (nSPS) is 21.0. The molecule has 0 aromatic heterocycles. The summed E-state index contributed by atoms with van der Waals surface area (Å²) in [5.74, 6) is 2.36. The van der Waals surface area contributed by atoms with Crippen molar-refractivity contribution in [2.75, 3.05) is 6.79 Å². The molecule has 3 aromatic carbocycles. The van der Waals surface area contributed by atoms with Gasteiger partial charge in [-0.25, -0.2) is 5.01 Å². The highest BCUT2D eigenvalue weighted by Crippen LogP contribution is 2.48. The van der Waals surface area contributed by atoms with Crippen molar-refractivity contribution < 1.29 is 14.2 Å². The third-order valence-electron chi connectivity index (χ3n) is 5.61. The molecule has 3 heterocycles. The first-order valence-corrected chi connectivity index (χ1v) is 10.8. The van der Waals surface area contributed by atoms with Crippen LogP contribution in [0.3, 0.4) is 0 Å². The molecule has 3 aliphatic rings. The van der Waals surface area contributed by atoms with Crippen molar-refractivity contribution in [3.63, 3.8) is 0 Å². The molecule has 30 heavy (non-hydrogen) atoms. The number of fused-ring (bicyclic) bond motifs is 4. The summed E-state index contributed by atoms with van der Waals surface area (Å²) in [5.41, 5.74) is 4.10. The molecule has 3 aliphatic heterocycles. The van der Waals surface area contributed by atoms with Crippen molar-refractivity contribution >= 4 is 33.2 Å². The SMILES string of the molecule is Clc1ccc2c(c1)[C@@H]1CC(c3ccc4c(c3)OCO4)=NN1[C@H](c1ccc(Br)cc1)O2. The van der Waals surface area contributed by atoms with Gasteiger partial charge in [-0.15, -0.1) is 0 Å². The Labute approximate surface area is 186 Å². The van der Waals surface area contributed by atoms with Gasteiger partial charge in [0.2, 0.25) is 13.0 Å². The van der Waals surface area contributed by atoms with E-state index in [1.807, 2.05) is 53.5 Å². The topological polar surface area (TPSA) is 43.3 Å². The molecule has 0 saturated heterocycles. The summed E-state index contributed by atoms with van der Waals surface area (Å²) in [6, 6.07) is 19.9. The van der Waals surface area contributed by atoms with Crippen LogP contribution in [0.2, 0.25) is 5.02 Å². The molecule has 0 aliphatic carbocycles. The van der Waals surface area contributed by atoms with E-state index in [1.165, 1.54) is 0 Å². The molecule has 3 aromatic rings. The highest BCUT2D eigenvalue weighted by molar-refractivity contribution is 9.10. The second-order valence-corrected chi connectivity index (χ2v) is 8.77. The largest absolute Gasteiger partial charge is 0.464 e. The number of hydrazone groups is 1. The van der Waals surface area contributed by atoms with Crippen LogP contribution in [-0.4, -0.2) is 17.5 Å². The van der Waals surface area contributed by atoms with Gasteiger partial charge in [0, 0.05) is 32.6 Å². The molecule has 0 saturated carbocycles. The Bertz CT molecular complexity index is 1180. The number of ether oxygens (including phenoxy) is 3. The number of nitrogens with zero attached hydrogens (tertiary/aromatic N) is 2. The molecule has 0 spiro atoms. The molecule has 6 rings (SSSR count). The third-order valence-corrected chi connectivity index (χ3v) is 6.38. The van der Waals surface area contributed by atoms with Gasteiger partial charge in [0.25, 0.3) is 0 Å². The van der Waals surface area contributed by atoms with E-state index < -0.39 is 0 Å². The van der Waals surface area contributed by atoms with Gasteiger partial charge in [-0.2, -0.15) is 5.10 Å². The minimum atomic E-state index is -0.316. The fourth-order valence-electron chi connectivity index (χ4n) is 4.16. The Kier molecular flexibility index (Phi) is 4.18. The molecule has 0 radical (unpaired) electrons. The average molecular weight is 484 g/mol. The molecule has 0 unspecified atom stereocenters. The highest BCUT2D eigenvalue weighted by atomic mass is 79.9. The first-order valence-electron chi connectivity index (χ1n) is 9.63. The zero-order chi connectivity index (χ0) is 20.2. The van der Waals surface area contributed by atoms with Gasteiger partial charge in [0.15, 0.2) is 11.5 Å².